The van der Waals surface area contributed by atoms with Crippen LogP contribution < -0.4 is 14.2 Å². The standard InChI is InChI=1S/C25H27N3O5S/c1-31-21-5-3-4-18(12-21)13-24(29)27-8-10-28(11-9-27)25(30)19-6-7-22(23(14-19)32-2)33-15-20-16-34-17-26-20/h3-7,12,14,16-17H,8-11,13,15H2,1-2H3. The summed E-state index contributed by atoms with van der Waals surface area (Å²) in [5.41, 5.74) is 4.02. The molecule has 1 saturated heterocycles. The fourth-order valence-electron chi connectivity index (χ4n) is 3.79. The molecule has 4 rings (SSSR count). The predicted molar refractivity (Wildman–Crippen MR) is 129 cm³/mol. The Morgan fingerprint density at radius 1 is 0.971 bits per heavy atom. The molecule has 0 radical (unpaired) electrons. The van der Waals surface area contributed by atoms with Gasteiger partial charge in [0.15, 0.2) is 11.5 Å². The van der Waals surface area contributed by atoms with Crippen molar-refractivity contribution in [2.75, 3.05) is 40.4 Å². The van der Waals surface area contributed by atoms with E-state index in [-0.39, 0.29) is 11.8 Å². The topological polar surface area (TPSA) is 81.2 Å². The maximum atomic E-state index is 13.1. The number of rotatable bonds is 8. The molecule has 0 saturated carbocycles. The van der Waals surface area contributed by atoms with E-state index in [4.69, 9.17) is 14.2 Å². The molecule has 34 heavy (non-hydrogen) atoms. The van der Waals surface area contributed by atoms with Gasteiger partial charge in [-0.3, -0.25) is 9.59 Å². The van der Waals surface area contributed by atoms with E-state index < -0.39 is 0 Å². The van der Waals surface area contributed by atoms with Crippen molar-refractivity contribution in [3.63, 3.8) is 0 Å². The van der Waals surface area contributed by atoms with Crippen LogP contribution in [0.1, 0.15) is 21.6 Å². The van der Waals surface area contributed by atoms with Crippen LogP contribution in [0.4, 0.5) is 0 Å². The van der Waals surface area contributed by atoms with Gasteiger partial charge in [0.1, 0.15) is 12.4 Å². The van der Waals surface area contributed by atoms with Crippen LogP contribution in [0, 0.1) is 0 Å². The van der Waals surface area contributed by atoms with E-state index in [9.17, 15) is 9.59 Å². The molecular formula is C25H27N3O5S. The Balaban J connectivity index is 1.33. The third kappa shape index (κ3) is 5.66. The molecule has 2 heterocycles. The third-order valence-electron chi connectivity index (χ3n) is 5.68. The molecule has 0 N–H and O–H groups in total. The van der Waals surface area contributed by atoms with Crippen LogP contribution in [0.15, 0.2) is 53.4 Å². The van der Waals surface area contributed by atoms with Gasteiger partial charge in [-0.25, -0.2) is 4.98 Å². The monoisotopic (exact) mass is 481 g/mol. The first-order valence-electron chi connectivity index (χ1n) is 10.9. The Kier molecular flexibility index (Phi) is 7.64. The molecule has 0 atom stereocenters. The maximum absolute atomic E-state index is 13.1. The van der Waals surface area contributed by atoms with E-state index in [1.165, 1.54) is 11.3 Å². The van der Waals surface area contributed by atoms with Crippen LogP contribution in [0.25, 0.3) is 0 Å². The molecule has 178 valence electrons. The number of carbonyl (C=O) groups excluding carboxylic acids is 2. The number of carbonyl (C=O) groups is 2. The molecule has 2 amide bonds. The van der Waals surface area contributed by atoms with Crippen molar-refractivity contribution in [1.82, 2.24) is 14.8 Å². The molecule has 1 aliphatic heterocycles. The highest BCUT2D eigenvalue weighted by Gasteiger charge is 2.25. The van der Waals surface area contributed by atoms with Crippen molar-refractivity contribution in [2.24, 2.45) is 0 Å². The van der Waals surface area contributed by atoms with Gasteiger partial charge < -0.3 is 24.0 Å². The number of ether oxygens (including phenoxy) is 3. The van der Waals surface area contributed by atoms with Crippen LogP contribution in [-0.2, 0) is 17.8 Å². The van der Waals surface area contributed by atoms with Gasteiger partial charge >= 0.3 is 0 Å². The van der Waals surface area contributed by atoms with Gasteiger partial charge in [-0.05, 0) is 35.9 Å². The van der Waals surface area contributed by atoms with Crippen LogP contribution in [-0.4, -0.2) is 67.0 Å². The first-order chi connectivity index (χ1) is 16.6. The molecule has 1 aromatic heterocycles. The lowest BCUT2D eigenvalue weighted by atomic mass is 10.1. The van der Waals surface area contributed by atoms with Crippen molar-refractivity contribution in [3.8, 4) is 17.2 Å². The molecule has 2 aromatic carbocycles. The van der Waals surface area contributed by atoms with Gasteiger partial charge in [0, 0.05) is 37.1 Å². The number of benzene rings is 2. The Bertz CT molecular complexity index is 1130. The lowest BCUT2D eigenvalue weighted by Gasteiger charge is -2.35. The Labute approximate surface area is 202 Å². The highest BCUT2D eigenvalue weighted by molar-refractivity contribution is 7.07. The molecular weight excluding hydrogens is 454 g/mol. The first kappa shape index (κ1) is 23.6. The minimum absolute atomic E-state index is 0.0450. The number of amides is 2. The summed E-state index contributed by atoms with van der Waals surface area (Å²) < 4.78 is 16.5. The number of thiazole rings is 1. The average Bonchev–Trinajstić information content (AvgIpc) is 3.41. The van der Waals surface area contributed by atoms with Crippen molar-refractivity contribution >= 4 is 23.2 Å². The highest BCUT2D eigenvalue weighted by atomic mass is 32.1. The fraction of sp³-hybridized carbons (Fsp3) is 0.320. The van der Waals surface area contributed by atoms with Crippen LogP contribution >= 0.6 is 11.3 Å². The lowest BCUT2D eigenvalue weighted by Crippen LogP contribution is -2.51. The quantitative estimate of drug-likeness (QED) is 0.491. The summed E-state index contributed by atoms with van der Waals surface area (Å²) in [6, 6.07) is 12.7. The van der Waals surface area contributed by atoms with E-state index >= 15 is 0 Å². The fourth-order valence-corrected chi connectivity index (χ4v) is 4.33. The lowest BCUT2D eigenvalue weighted by molar-refractivity contribution is -0.131. The zero-order valence-corrected chi connectivity index (χ0v) is 20.0. The minimum Gasteiger partial charge on any atom is -0.497 e. The zero-order chi connectivity index (χ0) is 23.9. The van der Waals surface area contributed by atoms with E-state index in [0.29, 0.717) is 56.3 Å². The van der Waals surface area contributed by atoms with Gasteiger partial charge in [-0.2, -0.15) is 0 Å². The second-order valence-electron chi connectivity index (χ2n) is 7.84. The first-order valence-corrected chi connectivity index (χ1v) is 11.9. The minimum atomic E-state index is -0.0933. The van der Waals surface area contributed by atoms with Crippen LogP contribution in [0.5, 0.6) is 17.2 Å². The molecule has 8 nitrogen and oxygen atoms in total. The molecule has 0 unspecified atom stereocenters. The molecule has 9 heteroatoms. The SMILES string of the molecule is COc1cccc(CC(=O)N2CCN(C(=O)c3ccc(OCc4cscn4)c(OC)c3)CC2)c1. The Morgan fingerprint density at radius 2 is 1.76 bits per heavy atom. The van der Waals surface area contributed by atoms with Crippen molar-refractivity contribution in [1.29, 1.82) is 0 Å². The predicted octanol–water partition coefficient (Wildman–Crippen LogP) is 3.27. The smallest absolute Gasteiger partial charge is 0.254 e. The Hall–Kier alpha value is -3.59. The molecule has 0 bridgehead atoms. The van der Waals surface area contributed by atoms with E-state index in [1.807, 2.05) is 29.6 Å². The number of methoxy groups -OCH3 is 2. The zero-order valence-electron chi connectivity index (χ0n) is 19.2. The van der Waals surface area contributed by atoms with E-state index in [2.05, 4.69) is 4.98 Å². The van der Waals surface area contributed by atoms with Gasteiger partial charge in [-0.1, -0.05) is 12.1 Å². The number of nitrogens with zero attached hydrogens (tertiary/aromatic N) is 3. The number of piperazine rings is 1. The van der Waals surface area contributed by atoms with Gasteiger partial charge in [0.05, 0.1) is 31.8 Å². The highest BCUT2D eigenvalue weighted by Crippen LogP contribution is 2.29. The molecule has 1 aliphatic rings. The van der Waals surface area contributed by atoms with Crippen LogP contribution in [0.2, 0.25) is 0 Å². The number of hydrogen-bond donors (Lipinski definition) is 0. The Morgan fingerprint density at radius 3 is 2.47 bits per heavy atom. The summed E-state index contributed by atoms with van der Waals surface area (Å²) in [7, 11) is 3.15. The second-order valence-corrected chi connectivity index (χ2v) is 8.55. The second kappa shape index (κ2) is 11.0. The molecule has 0 spiro atoms. The van der Waals surface area contributed by atoms with E-state index in [0.717, 1.165) is 17.0 Å². The summed E-state index contributed by atoms with van der Waals surface area (Å²) in [4.78, 5) is 33.6. The van der Waals surface area contributed by atoms with E-state index in [1.54, 1.807) is 47.7 Å². The normalized spacial score (nSPS) is 13.5. The van der Waals surface area contributed by atoms with Gasteiger partial charge in [0.2, 0.25) is 5.91 Å². The van der Waals surface area contributed by atoms with Crippen molar-refractivity contribution < 1.29 is 23.8 Å². The largest absolute Gasteiger partial charge is 0.497 e. The van der Waals surface area contributed by atoms with Crippen molar-refractivity contribution in [2.45, 2.75) is 13.0 Å². The summed E-state index contributed by atoms with van der Waals surface area (Å²) in [6.45, 7) is 2.29. The molecule has 3 aromatic rings. The van der Waals surface area contributed by atoms with Crippen LogP contribution in [0.3, 0.4) is 0 Å². The summed E-state index contributed by atoms with van der Waals surface area (Å²) in [5, 5.41) is 1.92. The third-order valence-corrected chi connectivity index (χ3v) is 6.31. The number of aromatic nitrogens is 1. The maximum Gasteiger partial charge on any atom is 0.254 e. The summed E-state index contributed by atoms with van der Waals surface area (Å²) >= 11 is 1.51. The summed E-state index contributed by atoms with van der Waals surface area (Å²) in [5.74, 6) is 1.73. The summed E-state index contributed by atoms with van der Waals surface area (Å²) in [6.07, 6.45) is 0.310. The molecule has 1 fully saturated rings. The van der Waals surface area contributed by atoms with Gasteiger partial charge in [-0.15, -0.1) is 11.3 Å². The van der Waals surface area contributed by atoms with Gasteiger partial charge in [0.25, 0.3) is 5.91 Å². The number of hydrogen-bond acceptors (Lipinski definition) is 7. The molecule has 0 aliphatic carbocycles. The van der Waals surface area contributed by atoms with Crippen molar-refractivity contribution in [3.05, 3.63) is 70.2 Å². The average molecular weight is 482 g/mol.